The summed E-state index contributed by atoms with van der Waals surface area (Å²) in [6.45, 7) is 11.3. The third kappa shape index (κ3) is 3.71. The van der Waals surface area contributed by atoms with Crippen molar-refractivity contribution >= 4 is 11.8 Å². The number of aliphatic hydroxyl groups excluding tert-OH is 2. The van der Waals surface area contributed by atoms with Crippen LogP contribution in [0, 0.1) is 40.4 Å². The molecule has 0 aromatic rings. The number of Topliss-reactive ketones (excluding diaryl/α,β-unsaturated/α-hetero) is 1. The molecule has 0 aromatic heterocycles. The highest BCUT2D eigenvalue weighted by molar-refractivity contribution is 6.05. The molecule has 5 fully saturated rings. The molecule has 8 nitrogen and oxygen atoms in total. The van der Waals surface area contributed by atoms with E-state index in [0.29, 0.717) is 24.8 Å². The molecule has 6 aliphatic rings. The van der Waals surface area contributed by atoms with E-state index in [1.165, 1.54) is 32.6 Å². The van der Waals surface area contributed by atoms with Crippen molar-refractivity contribution in [1.29, 1.82) is 0 Å². The first kappa shape index (κ1) is 30.7. The molecule has 1 unspecified atom stereocenters. The van der Waals surface area contributed by atoms with Crippen molar-refractivity contribution in [2.45, 2.75) is 141 Å². The fourth-order valence-electron chi connectivity index (χ4n) is 10.9. The van der Waals surface area contributed by atoms with Gasteiger partial charge in [0.25, 0.3) is 0 Å². The SMILES string of the molecule is CCCCCCCCCC12C[C@@]34[C@H]([C@@H](O1)[C@@](C(C)C)(O2)[C@H](OC(C)=O)[C@H]3C)[C@@H]1C[C@]1(CO)[C@@H](O)[C@]1(O)C(=O)C(C)=C[C@H]14. The minimum Gasteiger partial charge on any atom is -0.459 e. The fourth-order valence-corrected chi connectivity index (χ4v) is 10.9. The van der Waals surface area contributed by atoms with E-state index in [1.807, 2.05) is 6.08 Å². The van der Waals surface area contributed by atoms with E-state index < -0.39 is 63.8 Å². The highest BCUT2D eigenvalue weighted by Crippen LogP contribution is 2.80. The Bertz CT molecular complexity index is 1150. The number of carbonyl (C=O) groups is 2. The van der Waals surface area contributed by atoms with Gasteiger partial charge in [0.2, 0.25) is 0 Å². The molecule has 3 N–H and O–H groups in total. The summed E-state index contributed by atoms with van der Waals surface area (Å²) in [7, 11) is 0. The van der Waals surface area contributed by atoms with Gasteiger partial charge in [-0.05, 0) is 48.5 Å². The number of hydrogen-bond acceptors (Lipinski definition) is 8. The Labute approximate surface area is 250 Å². The Balaban J connectivity index is 1.48. The molecule has 4 aliphatic carbocycles. The first-order valence-corrected chi connectivity index (χ1v) is 16.6. The van der Waals surface area contributed by atoms with Gasteiger partial charge in [0.1, 0.15) is 11.7 Å². The topological polar surface area (TPSA) is 123 Å². The van der Waals surface area contributed by atoms with Crippen molar-refractivity contribution < 1.29 is 39.1 Å². The van der Waals surface area contributed by atoms with Gasteiger partial charge in [0, 0.05) is 37.0 Å². The zero-order chi connectivity index (χ0) is 30.5. The van der Waals surface area contributed by atoms with Gasteiger partial charge in [0.15, 0.2) is 17.2 Å². The van der Waals surface area contributed by atoms with Crippen LogP contribution in [0.15, 0.2) is 11.6 Å². The van der Waals surface area contributed by atoms with E-state index in [9.17, 15) is 24.9 Å². The van der Waals surface area contributed by atoms with Gasteiger partial charge in [-0.15, -0.1) is 0 Å². The molecule has 42 heavy (non-hydrogen) atoms. The number of carbonyl (C=O) groups excluding carboxylic acids is 2. The third-order valence-corrected chi connectivity index (χ3v) is 12.8. The molecule has 6 rings (SSSR count). The van der Waals surface area contributed by atoms with Gasteiger partial charge in [-0.1, -0.05) is 72.3 Å². The largest absolute Gasteiger partial charge is 0.459 e. The minimum absolute atomic E-state index is 0.0573. The predicted octanol–water partition coefficient (Wildman–Crippen LogP) is 4.47. The molecule has 12 atom stereocenters. The fraction of sp³-hybridized carbons (Fsp3) is 0.882. The smallest absolute Gasteiger partial charge is 0.303 e. The monoisotopic (exact) mass is 588 g/mol. The standard InChI is InChI=1S/C34H52O8/c1-7-8-9-10-11-12-13-14-31-17-32-21(5)27(40-22(6)36)34(42-31,19(2)3)28(41-31)25(32)23-16-30(23,18-35)29(38)33(39)24(32)15-20(4)26(33)37/h15,19,21,23-25,27-29,35,38-39H,7-14,16-18H2,1-6H3/t21-,23+,24+,25+,27-,28-,29-,30-,31?,32-,33-,34+/m1/s1. The first-order chi connectivity index (χ1) is 19.8. The number of hydrogen-bond donors (Lipinski definition) is 3. The van der Waals surface area contributed by atoms with Crippen molar-refractivity contribution in [3.8, 4) is 0 Å². The van der Waals surface area contributed by atoms with E-state index in [1.54, 1.807) is 6.92 Å². The molecule has 0 radical (unpaired) electrons. The molecule has 3 bridgehead atoms. The number of aliphatic hydroxyl groups is 3. The van der Waals surface area contributed by atoms with Crippen molar-refractivity contribution in [3.05, 3.63) is 11.6 Å². The lowest BCUT2D eigenvalue weighted by Crippen LogP contribution is -2.73. The number of ether oxygens (including phenoxy) is 3. The Morgan fingerprint density at radius 3 is 2.45 bits per heavy atom. The molecule has 0 spiro atoms. The molecule has 0 aromatic carbocycles. The predicted molar refractivity (Wildman–Crippen MR) is 155 cm³/mol. The molecule has 0 amide bonds. The van der Waals surface area contributed by atoms with Crippen molar-refractivity contribution in [2.75, 3.05) is 6.61 Å². The maximum atomic E-state index is 13.8. The average Bonchev–Trinajstić information content (AvgIpc) is 3.57. The van der Waals surface area contributed by atoms with Gasteiger partial charge in [-0.3, -0.25) is 9.59 Å². The summed E-state index contributed by atoms with van der Waals surface area (Å²) in [6, 6.07) is 0. The third-order valence-electron chi connectivity index (χ3n) is 12.8. The molecule has 236 valence electrons. The van der Waals surface area contributed by atoms with Gasteiger partial charge < -0.3 is 29.5 Å². The summed E-state index contributed by atoms with van der Waals surface area (Å²) in [5.41, 5.74) is -4.30. The lowest BCUT2D eigenvalue weighted by Gasteiger charge is -2.63. The maximum Gasteiger partial charge on any atom is 0.303 e. The van der Waals surface area contributed by atoms with Crippen LogP contribution in [-0.4, -0.2) is 69.0 Å². The average molecular weight is 589 g/mol. The summed E-state index contributed by atoms with van der Waals surface area (Å²) in [5.74, 6) is -3.23. The van der Waals surface area contributed by atoms with Gasteiger partial charge in [-0.2, -0.15) is 0 Å². The van der Waals surface area contributed by atoms with E-state index in [0.717, 1.165) is 19.3 Å². The van der Waals surface area contributed by atoms with E-state index in [2.05, 4.69) is 27.7 Å². The number of fused-ring (bicyclic) bond motifs is 3. The number of ketones is 1. The van der Waals surface area contributed by atoms with Crippen LogP contribution in [0.4, 0.5) is 0 Å². The highest BCUT2D eigenvalue weighted by atomic mass is 16.8. The van der Waals surface area contributed by atoms with Crippen LogP contribution in [0.2, 0.25) is 0 Å². The second-order valence-corrected chi connectivity index (χ2v) is 15.2. The van der Waals surface area contributed by atoms with Crippen LogP contribution in [0.3, 0.4) is 0 Å². The summed E-state index contributed by atoms with van der Waals surface area (Å²) >= 11 is 0. The van der Waals surface area contributed by atoms with Crippen LogP contribution in [0.1, 0.15) is 106 Å². The first-order valence-electron chi connectivity index (χ1n) is 16.6. The van der Waals surface area contributed by atoms with E-state index in [-0.39, 0.29) is 30.3 Å². The van der Waals surface area contributed by atoms with E-state index >= 15 is 0 Å². The molecule has 3 saturated carbocycles. The summed E-state index contributed by atoms with van der Waals surface area (Å²) in [4.78, 5) is 26.5. The second kappa shape index (κ2) is 10.1. The number of rotatable bonds is 11. The quantitative estimate of drug-likeness (QED) is 0.239. The molecular weight excluding hydrogens is 536 g/mol. The Morgan fingerprint density at radius 2 is 1.83 bits per heavy atom. The van der Waals surface area contributed by atoms with Crippen LogP contribution in [0.5, 0.6) is 0 Å². The maximum absolute atomic E-state index is 13.8. The highest BCUT2D eigenvalue weighted by Gasteiger charge is 2.88. The normalized spacial score (nSPS) is 49.8. The summed E-state index contributed by atoms with van der Waals surface area (Å²) in [6.07, 6.45) is 9.04. The van der Waals surface area contributed by atoms with Gasteiger partial charge in [0.05, 0.1) is 18.8 Å². The van der Waals surface area contributed by atoms with E-state index in [4.69, 9.17) is 14.2 Å². The van der Waals surface area contributed by atoms with Crippen molar-refractivity contribution in [2.24, 2.45) is 40.4 Å². The molecule has 8 heteroatoms. The van der Waals surface area contributed by atoms with Gasteiger partial charge >= 0.3 is 5.97 Å². The zero-order valence-electron chi connectivity index (χ0n) is 26.4. The minimum atomic E-state index is -2.07. The lowest BCUT2D eigenvalue weighted by molar-refractivity contribution is -0.272. The Hall–Kier alpha value is -1.32. The number of esters is 1. The molecule has 2 heterocycles. The lowest BCUT2D eigenvalue weighted by atomic mass is 9.44. The number of unbranched alkanes of at least 4 members (excludes halogenated alkanes) is 6. The van der Waals surface area contributed by atoms with Crippen molar-refractivity contribution in [3.63, 3.8) is 0 Å². The zero-order valence-corrected chi connectivity index (χ0v) is 26.4. The summed E-state index contributed by atoms with van der Waals surface area (Å²) in [5, 5.41) is 35.1. The van der Waals surface area contributed by atoms with Crippen LogP contribution in [0.25, 0.3) is 0 Å². The van der Waals surface area contributed by atoms with Crippen LogP contribution < -0.4 is 0 Å². The van der Waals surface area contributed by atoms with Crippen LogP contribution in [-0.2, 0) is 23.8 Å². The summed E-state index contributed by atoms with van der Waals surface area (Å²) < 4.78 is 20.6. The molecule has 2 saturated heterocycles. The Kier molecular flexibility index (Phi) is 7.38. The molecule has 2 aliphatic heterocycles. The van der Waals surface area contributed by atoms with Crippen molar-refractivity contribution in [1.82, 2.24) is 0 Å². The second-order valence-electron chi connectivity index (χ2n) is 15.2. The van der Waals surface area contributed by atoms with Gasteiger partial charge in [-0.25, -0.2) is 0 Å². The molecular formula is C34H52O8. The van der Waals surface area contributed by atoms with Crippen LogP contribution >= 0.6 is 0 Å². The Morgan fingerprint density at radius 1 is 1.17 bits per heavy atom.